The van der Waals surface area contributed by atoms with Gasteiger partial charge in [-0.1, -0.05) is 31.9 Å². The normalized spacial score (nSPS) is 20.8. The highest BCUT2D eigenvalue weighted by Crippen LogP contribution is 2.31. The molecule has 0 spiro atoms. The molecule has 1 aromatic carbocycles. The zero-order valence-corrected chi connectivity index (χ0v) is 17.0. The molecule has 1 aliphatic heterocycles. The highest BCUT2D eigenvalue weighted by atomic mass is 19.1. The lowest BCUT2D eigenvalue weighted by molar-refractivity contribution is -0.129. The lowest BCUT2D eigenvalue weighted by Crippen LogP contribution is -2.58. The lowest BCUT2D eigenvalue weighted by atomic mass is 9.94. The van der Waals surface area contributed by atoms with Crippen LogP contribution in [0.25, 0.3) is 0 Å². The first kappa shape index (κ1) is 20.8. The minimum atomic E-state index is -0.480. The van der Waals surface area contributed by atoms with E-state index in [2.05, 4.69) is 17.1 Å². The van der Waals surface area contributed by atoms with Crippen LogP contribution in [0.2, 0.25) is 0 Å². The summed E-state index contributed by atoms with van der Waals surface area (Å²) in [5, 5.41) is 3.16. The first-order chi connectivity index (χ1) is 13.5. The molecule has 1 aromatic rings. The second-order valence-corrected chi connectivity index (χ2v) is 8.12. The number of piperazine rings is 1. The molecule has 2 atom stereocenters. The fraction of sp³-hybridized carbons (Fsp3) is 0.636. The summed E-state index contributed by atoms with van der Waals surface area (Å²) in [6, 6.07) is 6.17. The van der Waals surface area contributed by atoms with Gasteiger partial charge < -0.3 is 10.2 Å². The number of nitrogens with zero attached hydrogens (tertiary/aromatic N) is 2. The quantitative estimate of drug-likeness (QED) is 0.814. The van der Waals surface area contributed by atoms with E-state index in [1.165, 1.54) is 25.0 Å². The Kier molecular flexibility index (Phi) is 7.05. The van der Waals surface area contributed by atoms with Gasteiger partial charge in [-0.25, -0.2) is 4.39 Å². The van der Waals surface area contributed by atoms with Crippen molar-refractivity contribution in [3.63, 3.8) is 0 Å². The van der Waals surface area contributed by atoms with Crippen LogP contribution in [-0.4, -0.2) is 59.9 Å². The summed E-state index contributed by atoms with van der Waals surface area (Å²) in [7, 11) is 0. The average Bonchev–Trinajstić information content (AvgIpc) is 3.22. The summed E-state index contributed by atoms with van der Waals surface area (Å²) < 4.78 is 14.0. The highest BCUT2D eigenvalue weighted by molar-refractivity contribution is 5.94. The summed E-state index contributed by atoms with van der Waals surface area (Å²) in [6.07, 6.45) is 5.46. The largest absolute Gasteiger partial charge is 0.352 e. The predicted octanol–water partition coefficient (Wildman–Crippen LogP) is 3.06. The van der Waals surface area contributed by atoms with E-state index in [-0.39, 0.29) is 29.5 Å². The number of carbonyl (C=O) groups is 2. The Balaban J connectivity index is 1.65. The van der Waals surface area contributed by atoms with Crippen molar-refractivity contribution in [1.82, 2.24) is 15.1 Å². The minimum Gasteiger partial charge on any atom is -0.352 e. The van der Waals surface area contributed by atoms with E-state index in [4.69, 9.17) is 0 Å². The fourth-order valence-corrected chi connectivity index (χ4v) is 4.39. The molecular weight excluding hydrogens is 357 g/mol. The number of benzene rings is 1. The number of halogens is 1. The van der Waals surface area contributed by atoms with Crippen LogP contribution in [0.4, 0.5) is 4.39 Å². The lowest BCUT2D eigenvalue weighted by Gasteiger charge is -2.41. The molecular formula is C22H32FN3O2. The third-order valence-electron chi connectivity index (χ3n) is 6.22. The van der Waals surface area contributed by atoms with Crippen LogP contribution in [0.3, 0.4) is 0 Å². The smallest absolute Gasteiger partial charge is 0.256 e. The van der Waals surface area contributed by atoms with Gasteiger partial charge in [0, 0.05) is 32.2 Å². The first-order valence-corrected chi connectivity index (χ1v) is 10.6. The maximum atomic E-state index is 14.0. The van der Waals surface area contributed by atoms with Crippen LogP contribution in [0, 0.1) is 11.7 Å². The van der Waals surface area contributed by atoms with E-state index in [1.807, 2.05) is 6.92 Å². The molecule has 2 fully saturated rings. The molecule has 0 bridgehead atoms. The van der Waals surface area contributed by atoms with Crippen molar-refractivity contribution in [2.24, 2.45) is 5.92 Å². The molecule has 2 aliphatic rings. The molecule has 0 aromatic heterocycles. The molecule has 28 heavy (non-hydrogen) atoms. The monoisotopic (exact) mass is 389 g/mol. The van der Waals surface area contributed by atoms with Crippen LogP contribution in [0.5, 0.6) is 0 Å². The van der Waals surface area contributed by atoms with E-state index in [0.29, 0.717) is 32.1 Å². The summed E-state index contributed by atoms with van der Waals surface area (Å²) in [5.74, 6) is -0.237. The second-order valence-electron chi connectivity index (χ2n) is 8.12. The third-order valence-corrected chi connectivity index (χ3v) is 6.22. The standard InChI is InChI=1S/C22H32FN3O2/c1-3-16(2)24-21(27)20(17-8-4-5-9-17)25-12-14-26(15-13-25)22(28)18-10-6-7-11-19(18)23/h6-7,10-11,16-17,20H,3-5,8-9,12-15H2,1-2H3,(H,24,27)/t16-,20-/m1/s1. The number of nitrogens with one attached hydrogen (secondary N) is 1. The van der Waals surface area contributed by atoms with Gasteiger partial charge in [-0.05, 0) is 44.2 Å². The fourth-order valence-electron chi connectivity index (χ4n) is 4.39. The van der Waals surface area contributed by atoms with Crippen LogP contribution in [0.1, 0.15) is 56.3 Å². The number of amides is 2. The van der Waals surface area contributed by atoms with Crippen LogP contribution < -0.4 is 5.32 Å². The van der Waals surface area contributed by atoms with E-state index in [9.17, 15) is 14.0 Å². The molecule has 2 amide bonds. The van der Waals surface area contributed by atoms with Gasteiger partial charge in [0.1, 0.15) is 5.82 Å². The van der Waals surface area contributed by atoms with Gasteiger partial charge in [-0.3, -0.25) is 14.5 Å². The van der Waals surface area contributed by atoms with E-state index < -0.39 is 5.82 Å². The summed E-state index contributed by atoms with van der Waals surface area (Å²) in [6.45, 7) is 6.45. The first-order valence-electron chi connectivity index (χ1n) is 10.6. The molecule has 154 valence electrons. The second kappa shape index (κ2) is 9.50. The Morgan fingerprint density at radius 3 is 2.39 bits per heavy atom. The summed E-state index contributed by atoms with van der Waals surface area (Å²) >= 11 is 0. The molecule has 1 aliphatic carbocycles. The Labute approximate surface area is 167 Å². The molecule has 3 rings (SSSR count). The van der Waals surface area contributed by atoms with Crippen molar-refractivity contribution in [3.05, 3.63) is 35.6 Å². The van der Waals surface area contributed by atoms with Gasteiger partial charge in [-0.15, -0.1) is 0 Å². The van der Waals surface area contributed by atoms with Gasteiger partial charge in [0.15, 0.2) is 0 Å². The van der Waals surface area contributed by atoms with Crippen molar-refractivity contribution in [1.29, 1.82) is 0 Å². The number of rotatable bonds is 6. The van der Waals surface area contributed by atoms with Crippen LogP contribution in [0.15, 0.2) is 24.3 Å². The van der Waals surface area contributed by atoms with E-state index in [0.717, 1.165) is 19.3 Å². The molecule has 1 saturated heterocycles. The zero-order valence-electron chi connectivity index (χ0n) is 17.0. The average molecular weight is 390 g/mol. The van der Waals surface area contributed by atoms with Gasteiger partial charge in [-0.2, -0.15) is 0 Å². The molecule has 6 heteroatoms. The van der Waals surface area contributed by atoms with Gasteiger partial charge >= 0.3 is 0 Å². The Morgan fingerprint density at radius 1 is 1.14 bits per heavy atom. The SMILES string of the molecule is CC[C@@H](C)NC(=O)[C@@H](C1CCCC1)N1CCN(C(=O)c2ccccc2F)CC1. The maximum Gasteiger partial charge on any atom is 0.256 e. The molecule has 0 radical (unpaired) electrons. The Hall–Kier alpha value is -1.95. The van der Waals surface area contributed by atoms with E-state index in [1.54, 1.807) is 17.0 Å². The molecule has 1 N–H and O–H groups in total. The van der Waals surface area contributed by atoms with Crippen LogP contribution in [-0.2, 0) is 4.79 Å². The van der Waals surface area contributed by atoms with Gasteiger partial charge in [0.05, 0.1) is 11.6 Å². The van der Waals surface area contributed by atoms with Crippen molar-refractivity contribution in [3.8, 4) is 0 Å². The molecule has 0 unspecified atom stereocenters. The van der Waals surface area contributed by atoms with Gasteiger partial charge in [0.25, 0.3) is 5.91 Å². The predicted molar refractivity (Wildman–Crippen MR) is 108 cm³/mol. The maximum absolute atomic E-state index is 14.0. The van der Waals surface area contributed by atoms with E-state index >= 15 is 0 Å². The summed E-state index contributed by atoms with van der Waals surface area (Å²) in [5.41, 5.74) is 0.123. The van der Waals surface area contributed by atoms with Crippen molar-refractivity contribution < 1.29 is 14.0 Å². The number of carbonyl (C=O) groups excluding carboxylic acids is 2. The Bertz CT molecular complexity index is 682. The summed E-state index contributed by atoms with van der Waals surface area (Å²) in [4.78, 5) is 29.6. The minimum absolute atomic E-state index is 0.120. The zero-order chi connectivity index (χ0) is 20.1. The topological polar surface area (TPSA) is 52.7 Å². The number of hydrogen-bond acceptors (Lipinski definition) is 3. The molecule has 1 heterocycles. The third kappa shape index (κ3) is 4.72. The molecule has 1 saturated carbocycles. The van der Waals surface area contributed by atoms with Crippen LogP contribution >= 0.6 is 0 Å². The highest BCUT2D eigenvalue weighted by Gasteiger charge is 2.37. The number of hydrogen-bond donors (Lipinski definition) is 1. The van der Waals surface area contributed by atoms with Crippen molar-refractivity contribution >= 4 is 11.8 Å². The Morgan fingerprint density at radius 2 is 1.79 bits per heavy atom. The van der Waals surface area contributed by atoms with Crippen molar-refractivity contribution in [2.75, 3.05) is 26.2 Å². The van der Waals surface area contributed by atoms with Gasteiger partial charge in [0.2, 0.25) is 5.91 Å². The molecule has 5 nitrogen and oxygen atoms in total. The van der Waals surface area contributed by atoms with Crippen molar-refractivity contribution in [2.45, 2.75) is 58.0 Å².